The fourth-order valence-corrected chi connectivity index (χ4v) is 7.67. The third-order valence-corrected chi connectivity index (χ3v) is 8.61. The van der Waals surface area contributed by atoms with Crippen LogP contribution in [-0.4, -0.2) is 68.5 Å². The van der Waals surface area contributed by atoms with Crippen LogP contribution in [0.15, 0.2) is 4.99 Å². The largest absolute Gasteiger partial charge is 0.389 e. The van der Waals surface area contributed by atoms with Gasteiger partial charge in [-0.15, -0.1) is 0 Å². The fourth-order valence-electron chi connectivity index (χ4n) is 7.67. The highest BCUT2D eigenvalue weighted by Crippen LogP contribution is 2.64. The van der Waals surface area contributed by atoms with Gasteiger partial charge in [-0.2, -0.15) is 0 Å². The number of hydrogen-bond donors (Lipinski definition) is 5. The van der Waals surface area contributed by atoms with Gasteiger partial charge < -0.3 is 31.5 Å². The van der Waals surface area contributed by atoms with E-state index in [1.165, 1.54) is 38.5 Å². The number of aliphatic hydroxyl groups excluding tert-OH is 1. The Labute approximate surface area is 185 Å². The number of nitrogens with two attached hydrogens (primary N) is 1. The van der Waals surface area contributed by atoms with Crippen molar-refractivity contribution in [1.29, 1.82) is 0 Å². The van der Waals surface area contributed by atoms with E-state index in [1.54, 1.807) is 0 Å². The highest BCUT2D eigenvalue weighted by molar-refractivity contribution is 5.82. The van der Waals surface area contributed by atoms with E-state index in [2.05, 4.69) is 20.9 Å². The lowest BCUT2D eigenvalue weighted by molar-refractivity contribution is -0.130. The first-order valence-electron chi connectivity index (χ1n) is 12.3. The van der Waals surface area contributed by atoms with Crippen molar-refractivity contribution in [1.82, 2.24) is 16.0 Å². The average Bonchev–Trinajstić information content (AvgIpc) is 2.76. The number of rotatable bonds is 6. The van der Waals surface area contributed by atoms with Crippen molar-refractivity contribution in [2.45, 2.75) is 63.5 Å². The maximum Gasteiger partial charge on any atom is 0.237 e. The molecule has 0 radical (unpaired) electrons. The zero-order chi connectivity index (χ0) is 21.5. The van der Waals surface area contributed by atoms with E-state index in [0.29, 0.717) is 26.3 Å². The highest BCUT2D eigenvalue weighted by Gasteiger charge is 2.57. The minimum Gasteiger partial charge on any atom is -0.389 e. The van der Waals surface area contributed by atoms with E-state index in [9.17, 15) is 9.90 Å². The number of nitrogens with one attached hydrogen (secondary N) is 3. The van der Waals surface area contributed by atoms with Gasteiger partial charge in [0.25, 0.3) is 0 Å². The number of carbonyl (C=O) groups excluding carboxylic acids is 1. The minimum absolute atomic E-state index is 0.0224. The standard InChI is InChI=1S/C23H39N5O3/c24-19(17-1-3-31-4-2-17)20(30)27-13-22-6-15-5-16(7-22)9-23(8-15,12-22)14-28-21-25-10-18(29)11-26-21/h15-19,29H,1-14,24H2,(H,27,30)(H2,25,26,28). The second-order valence-corrected chi connectivity index (χ2v) is 11.2. The molecule has 0 aromatic carbocycles. The Morgan fingerprint density at radius 3 is 2.52 bits per heavy atom. The molecule has 8 heteroatoms. The van der Waals surface area contributed by atoms with Crippen molar-refractivity contribution in [3.8, 4) is 0 Å². The predicted octanol–water partition coefficient (Wildman–Crippen LogP) is 0.353. The molecule has 2 heterocycles. The third kappa shape index (κ3) is 4.57. The van der Waals surface area contributed by atoms with Crippen LogP contribution in [0.1, 0.15) is 51.4 Å². The molecular formula is C23H39N5O3. The number of amides is 1. The Balaban J connectivity index is 1.20. The Morgan fingerprint density at radius 1 is 1.19 bits per heavy atom. The van der Waals surface area contributed by atoms with Crippen LogP contribution >= 0.6 is 0 Å². The molecule has 1 amide bonds. The SMILES string of the molecule is NC(C(=O)NCC12CC3CC(C1)CC(CNC1=NCC(O)CN1)(C3)C2)C1CCOCC1. The summed E-state index contributed by atoms with van der Waals surface area (Å²) in [7, 11) is 0. The van der Waals surface area contributed by atoms with Gasteiger partial charge in [0.1, 0.15) is 0 Å². The van der Waals surface area contributed by atoms with E-state index >= 15 is 0 Å². The number of carbonyl (C=O) groups is 1. The van der Waals surface area contributed by atoms with Gasteiger partial charge in [0.15, 0.2) is 5.96 Å². The van der Waals surface area contributed by atoms with Crippen LogP contribution in [0.4, 0.5) is 0 Å². The topological polar surface area (TPSA) is 121 Å². The van der Waals surface area contributed by atoms with Gasteiger partial charge in [-0.1, -0.05) is 0 Å². The molecule has 0 spiro atoms. The number of nitrogens with zero attached hydrogens (tertiary/aromatic N) is 1. The van der Waals surface area contributed by atoms with Gasteiger partial charge in [0, 0.05) is 32.8 Å². The van der Waals surface area contributed by atoms with E-state index < -0.39 is 6.04 Å². The third-order valence-electron chi connectivity index (χ3n) is 8.61. The van der Waals surface area contributed by atoms with E-state index in [-0.39, 0.29) is 28.8 Å². The summed E-state index contributed by atoms with van der Waals surface area (Å²) in [4.78, 5) is 17.3. The van der Waals surface area contributed by atoms with Gasteiger partial charge in [-0.25, -0.2) is 0 Å². The minimum atomic E-state index is -0.417. The number of β-amino-alcohol motifs (C(OH)–C–C–N with tert-alkyl or cyclic N) is 1. The smallest absolute Gasteiger partial charge is 0.237 e. The number of aliphatic hydroxyl groups is 1. The molecule has 0 aromatic heterocycles. The van der Waals surface area contributed by atoms with E-state index in [1.807, 2.05) is 0 Å². The second-order valence-electron chi connectivity index (χ2n) is 11.2. The Morgan fingerprint density at radius 2 is 1.87 bits per heavy atom. The van der Waals surface area contributed by atoms with Crippen molar-refractivity contribution < 1.29 is 14.6 Å². The summed E-state index contributed by atoms with van der Waals surface area (Å²) < 4.78 is 5.42. The Hall–Kier alpha value is -1.38. The van der Waals surface area contributed by atoms with Crippen LogP contribution < -0.4 is 21.7 Å². The van der Waals surface area contributed by atoms with E-state index in [0.717, 1.165) is 43.7 Å². The second kappa shape index (κ2) is 8.52. The fraction of sp³-hybridized carbons (Fsp3) is 0.913. The molecule has 8 nitrogen and oxygen atoms in total. The number of hydrogen-bond acceptors (Lipinski definition) is 7. The quantitative estimate of drug-likeness (QED) is 0.412. The molecule has 4 aliphatic carbocycles. The van der Waals surface area contributed by atoms with Crippen LogP contribution in [0.25, 0.3) is 0 Å². The molecule has 6 N–H and O–H groups in total. The zero-order valence-electron chi connectivity index (χ0n) is 18.6. The highest BCUT2D eigenvalue weighted by atomic mass is 16.5. The van der Waals surface area contributed by atoms with Gasteiger partial charge in [-0.3, -0.25) is 9.79 Å². The van der Waals surface area contributed by atoms with Gasteiger partial charge in [0.05, 0.1) is 18.7 Å². The van der Waals surface area contributed by atoms with Gasteiger partial charge >= 0.3 is 0 Å². The first kappa shape index (κ1) is 21.5. The summed E-state index contributed by atoms with van der Waals surface area (Å²) in [6, 6.07) is -0.417. The van der Waals surface area contributed by atoms with Crippen molar-refractivity contribution >= 4 is 11.9 Å². The van der Waals surface area contributed by atoms with Crippen LogP contribution in [0.5, 0.6) is 0 Å². The number of guanidine groups is 1. The van der Waals surface area contributed by atoms with Crippen molar-refractivity contribution in [3.05, 3.63) is 0 Å². The van der Waals surface area contributed by atoms with Crippen molar-refractivity contribution in [2.75, 3.05) is 39.4 Å². The Bertz CT molecular complexity index is 693. The number of aliphatic imine (C=N–C) groups is 1. The van der Waals surface area contributed by atoms with Crippen molar-refractivity contribution in [2.24, 2.45) is 39.3 Å². The molecule has 4 bridgehead atoms. The average molecular weight is 434 g/mol. The summed E-state index contributed by atoms with van der Waals surface area (Å²) in [6.07, 6.45) is 8.94. The van der Waals surface area contributed by atoms with Crippen LogP contribution in [0.2, 0.25) is 0 Å². The summed E-state index contributed by atoms with van der Waals surface area (Å²) >= 11 is 0. The lowest BCUT2D eigenvalue weighted by Crippen LogP contribution is -2.60. The van der Waals surface area contributed by atoms with Gasteiger partial charge in [-0.05, 0) is 80.0 Å². The van der Waals surface area contributed by atoms with E-state index in [4.69, 9.17) is 10.5 Å². The lowest BCUT2D eigenvalue weighted by atomic mass is 9.44. The summed E-state index contributed by atoms with van der Waals surface area (Å²) in [5.41, 5.74) is 6.83. The molecule has 1 saturated heterocycles. The molecule has 4 unspecified atom stereocenters. The molecule has 4 saturated carbocycles. The molecule has 31 heavy (non-hydrogen) atoms. The summed E-state index contributed by atoms with van der Waals surface area (Å²) in [5, 5.41) is 19.7. The van der Waals surface area contributed by atoms with Gasteiger partial charge in [0.2, 0.25) is 5.91 Å². The molecule has 5 fully saturated rings. The molecular weight excluding hydrogens is 394 g/mol. The molecule has 6 aliphatic rings. The maximum absolute atomic E-state index is 12.8. The first-order valence-corrected chi connectivity index (χ1v) is 12.3. The molecule has 0 aromatic rings. The monoisotopic (exact) mass is 433 g/mol. The maximum atomic E-state index is 12.8. The summed E-state index contributed by atoms with van der Waals surface area (Å²) in [6.45, 7) is 4.16. The normalized spacial score (nSPS) is 40.7. The molecule has 4 atom stereocenters. The number of ether oxygens (including phenoxy) is 1. The lowest BCUT2D eigenvalue weighted by Gasteiger charge is -2.62. The first-order chi connectivity index (χ1) is 14.9. The van der Waals surface area contributed by atoms with Crippen molar-refractivity contribution in [3.63, 3.8) is 0 Å². The molecule has 2 aliphatic heterocycles. The Kier molecular flexibility index (Phi) is 5.90. The molecule has 174 valence electrons. The van der Waals surface area contributed by atoms with Crippen LogP contribution in [0, 0.1) is 28.6 Å². The summed E-state index contributed by atoms with van der Waals surface area (Å²) in [5.74, 6) is 2.63. The van der Waals surface area contributed by atoms with Crippen LogP contribution in [-0.2, 0) is 9.53 Å². The zero-order valence-corrected chi connectivity index (χ0v) is 18.6. The van der Waals surface area contributed by atoms with Crippen LogP contribution in [0.3, 0.4) is 0 Å². The molecule has 6 rings (SSSR count). The predicted molar refractivity (Wildman–Crippen MR) is 118 cm³/mol.